The Labute approximate surface area is 833 Å². The zero-order valence-electron chi connectivity index (χ0n) is 80.5. The Morgan fingerprint density at radius 2 is 0.503 bits per heavy atom. The molecule has 22 aromatic carbocycles. The Morgan fingerprint density at radius 3 is 1.05 bits per heavy atom. The second-order valence-corrected chi connectivity index (χ2v) is 52.2. The van der Waals surface area contributed by atoms with Crippen molar-refractivity contribution in [2.45, 2.75) is 0 Å². The molecule has 16 heteroatoms. The van der Waals surface area contributed by atoms with Gasteiger partial charge in [0.1, 0.15) is 51.2 Å². The van der Waals surface area contributed by atoms with Crippen LogP contribution in [0.3, 0.4) is 0 Å². The number of imidazole rings is 4. The van der Waals surface area contributed by atoms with Gasteiger partial charge in [0.15, 0.2) is 0 Å². The van der Waals surface area contributed by atoms with Gasteiger partial charge in [-0.3, -0.25) is 17.6 Å². The van der Waals surface area contributed by atoms with Gasteiger partial charge in [-0.05, 0) is 282 Å². The largest absolute Gasteiger partial charge is 0.319 e. The Kier molecular flexibility index (Phi) is 20.1. The Morgan fingerprint density at radius 1 is 0.166 bits per heavy atom. The van der Waals surface area contributed by atoms with Crippen molar-refractivity contribution < 1.29 is 18.3 Å². The van der Waals surface area contributed by atoms with Gasteiger partial charge in [0.2, 0.25) is 0 Å². The maximum atomic E-state index is 14.0. The molecule has 0 bridgehead atoms. The zero-order chi connectivity index (χ0) is 97.8. The SMILES string of the molecule is CP(=O)(c1ccccc1)c1ccc2ccc(-c3ccc4c5c6ccccc6ccc5c5nc6ccccc6n5c4c3)cc2c1.CP(C)(=O)c1ccc2c(c1)c1cc3ccccc3cc1n1c3ccccc3nc21.CP(C)(=O)c1ccc2c(c1)c1nc3ccccc3n1c1ccc3ccccc3c21.CP(C)(=O)c1ccc2ccc(-c3ccc4c5c6ccccc6c6ccccc6c5c5nc6ccccc6n5c4c3)cc2c1. The summed E-state index contributed by atoms with van der Waals surface area (Å²) in [4.78, 5) is 20.3. The lowest BCUT2D eigenvalue weighted by Crippen LogP contribution is -2.14. The van der Waals surface area contributed by atoms with Crippen LogP contribution in [0, 0.1) is 0 Å². The van der Waals surface area contributed by atoms with Crippen LogP contribution in [0.1, 0.15) is 0 Å². The van der Waals surface area contributed by atoms with E-state index in [2.05, 4.69) is 382 Å². The molecule has 0 N–H and O–H groups in total. The number of nitrogens with zero attached hydrogens (tertiary/aromatic N) is 8. The number of fused-ring (bicyclic) bond motifs is 44. The van der Waals surface area contributed by atoms with Crippen molar-refractivity contribution in [2.24, 2.45) is 0 Å². The summed E-state index contributed by atoms with van der Waals surface area (Å²) >= 11 is 0. The van der Waals surface area contributed by atoms with E-state index in [0.717, 1.165) is 191 Å². The minimum absolute atomic E-state index is 0.872. The number of aromatic nitrogens is 8. The normalized spacial score (nSPS) is 12.8. The number of hydrogen-bond donors (Lipinski definition) is 0. The first-order valence-electron chi connectivity index (χ1n) is 48.9. The Bertz CT molecular complexity index is 11100. The summed E-state index contributed by atoms with van der Waals surface area (Å²) in [6.45, 7) is 12.8. The molecule has 0 amide bonds. The van der Waals surface area contributed by atoms with Crippen LogP contribution in [0.15, 0.2) is 431 Å². The van der Waals surface area contributed by atoms with Crippen molar-refractivity contribution >= 4 is 284 Å². The third kappa shape index (κ3) is 14.3. The van der Waals surface area contributed by atoms with Gasteiger partial charge in [0.25, 0.3) is 0 Å². The van der Waals surface area contributed by atoms with E-state index in [0.29, 0.717) is 0 Å². The molecule has 0 aliphatic carbocycles. The van der Waals surface area contributed by atoms with E-state index in [-0.39, 0.29) is 0 Å². The van der Waals surface area contributed by atoms with Crippen LogP contribution in [0.25, 0.3) is 251 Å². The summed E-state index contributed by atoms with van der Waals surface area (Å²) in [5.74, 6) is 0. The average Bonchev–Trinajstić information content (AvgIpc) is 1.63. The van der Waals surface area contributed by atoms with E-state index in [1.54, 1.807) is 0 Å². The highest BCUT2D eigenvalue weighted by atomic mass is 31.2. The van der Waals surface area contributed by atoms with Crippen molar-refractivity contribution in [2.75, 3.05) is 46.7 Å². The van der Waals surface area contributed by atoms with E-state index in [1.807, 2.05) is 113 Å². The second-order valence-electron chi connectivity index (χ2n) is 39.7. The highest BCUT2D eigenvalue weighted by Crippen LogP contribution is 2.49. The van der Waals surface area contributed by atoms with Gasteiger partial charge in [-0.15, -0.1) is 0 Å². The third-order valence-corrected chi connectivity index (χ3v) is 36.9. The number of rotatable bonds is 7. The molecule has 0 fully saturated rings. The van der Waals surface area contributed by atoms with Crippen molar-refractivity contribution in [3.63, 3.8) is 0 Å². The van der Waals surface area contributed by atoms with E-state index in [4.69, 9.17) is 19.9 Å². The topological polar surface area (TPSA) is 137 Å². The molecule has 30 rings (SSSR count). The van der Waals surface area contributed by atoms with E-state index in [9.17, 15) is 18.3 Å². The second kappa shape index (κ2) is 33.3. The summed E-state index contributed by atoms with van der Waals surface area (Å²) in [6.07, 6.45) is 0. The van der Waals surface area contributed by atoms with Crippen molar-refractivity contribution in [3.05, 3.63) is 431 Å². The molecule has 145 heavy (non-hydrogen) atoms. The summed E-state index contributed by atoms with van der Waals surface area (Å²) in [6, 6.07) is 151. The fourth-order valence-corrected chi connectivity index (χ4v) is 27.0. The van der Waals surface area contributed by atoms with Crippen LogP contribution in [0.4, 0.5) is 0 Å². The number of pyridine rings is 4. The van der Waals surface area contributed by atoms with Crippen LogP contribution < -0.4 is 26.5 Å². The molecule has 0 spiro atoms. The van der Waals surface area contributed by atoms with Crippen LogP contribution in [0.2, 0.25) is 0 Å². The van der Waals surface area contributed by atoms with Gasteiger partial charge in [-0.2, -0.15) is 0 Å². The first-order valence-corrected chi connectivity index (χ1v) is 58.9. The van der Waals surface area contributed by atoms with Crippen molar-refractivity contribution in [1.29, 1.82) is 0 Å². The van der Waals surface area contributed by atoms with E-state index >= 15 is 0 Å². The first-order chi connectivity index (χ1) is 70.5. The third-order valence-electron chi connectivity index (χ3n) is 29.8. The van der Waals surface area contributed by atoms with Gasteiger partial charge >= 0.3 is 0 Å². The maximum absolute atomic E-state index is 14.0. The Hall–Kier alpha value is -16.5. The summed E-state index contributed by atoms with van der Waals surface area (Å²) < 4.78 is 61.6. The fourth-order valence-electron chi connectivity index (χ4n) is 22.6. The molecule has 12 nitrogen and oxygen atoms in total. The lowest BCUT2D eigenvalue weighted by molar-refractivity contribution is 0.587. The smallest absolute Gasteiger partial charge is 0.147 e. The molecule has 1 unspecified atom stereocenters. The molecule has 0 saturated heterocycles. The number of benzene rings is 22. The van der Waals surface area contributed by atoms with Crippen LogP contribution in [-0.4, -0.2) is 84.2 Å². The quantitative estimate of drug-likeness (QED) is 0.0874. The monoisotopic (exact) mass is 1940 g/mol. The lowest BCUT2D eigenvalue weighted by atomic mass is 9.91. The molecule has 30 aromatic rings. The summed E-state index contributed by atoms with van der Waals surface area (Å²) in [7, 11) is -9.82. The minimum atomic E-state index is -2.72. The fraction of sp³-hybridized carbons (Fsp3) is 0.0543. The highest BCUT2D eigenvalue weighted by molar-refractivity contribution is 7.78. The molecule has 1 atom stereocenters. The highest BCUT2D eigenvalue weighted by Gasteiger charge is 2.28. The first kappa shape index (κ1) is 87.5. The van der Waals surface area contributed by atoms with Crippen LogP contribution in [0.5, 0.6) is 0 Å². The molecule has 692 valence electrons. The van der Waals surface area contributed by atoms with Gasteiger partial charge < -0.3 is 18.3 Å². The minimum Gasteiger partial charge on any atom is -0.319 e. The van der Waals surface area contributed by atoms with Crippen molar-refractivity contribution in [1.82, 2.24) is 37.5 Å². The average molecular weight is 1940 g/mol. The molecule has 0 aliphatic rings. The predicted octanol–water partition coefficient (Wildman–Crippen LogP) is 32.3. The van der Waals surface area contributed by atoms with Gasteiger partial charge in [0, 0.05) is 80.4 Å². The molecule has 8 aromatic heterocycles. The number of para-hydroxylation sites is 8. The number of hydrogen-bond acceptors (Lipinski definition) is 8. The van der Waals surface area contributed by atoms with Gasteiger partial charge in [-0.1, -0.05) is 303 Å². The van der Waals surface area contributed by atoms with Crippen LogP contribution >= 0.6 is 28.6 Å². The molecular weight excluding hydrogens is 1850 g/mol. The predicted molar refractivity (Wildman–Crippen MR) is 621 cm³/mol. The zero-order valence-corrected chi connectivity index (χ0v) is 84.1. The summed E-state index contributed by atoms with van der Waals surface area (Å²) in [5, 5.41) is 35.1. The van der Waals surface area contributed by atoms with E-state index < -0.39 is 28.6 Å². The van der Waals surface area contributed by atoms with Crippen LogP contribution in [-0.2, 0) is 18.3 Å². The summed E-state index contributed by atoms with van der Waals surface area (Å²) in [5.41, 5.74) is 21.2. The van der Waals surface area contributed by atoms with E-state index in [1.165, 1.54) is 86.2 Å². The Balaban J connectivity index is 0.0000000978. The maximum Gasteiger partial charge on any atom is 0.147 e. The lowest BCUT2D eigenvalue weighted by Gasteiger charge is -2.16. The van der Waals surface area contributed by atoms with Gasteiger partial charge in [-0.25, -0.2) is 19.9 Å². The molecule has 0 radical (unpaired) electrons. The van der Waals surface area contributed by atoms with Crippen molar-refractivity contribution in [3.8, 4) is 22.3 Å². The van der Waals surface area contributed by atoms with Gasteiger partial charge in [0.05, 0.1) is 66.2 Å². The molecule has 8 heterocycles. The molecule has 0 saturated carbocycles. The molecular formula is C129H92N8O4P4. The standard InChI is InChI=1S/C40H27N2OP.C39H27N2OP.2C25H19N2OP/c1-44(43,31-10-3-2-4-11-31)32-20-17-26-15-16-28(23-30(26)24-32)29-19-21-34-38(25-29)42-37-14-8-7-13-36(37)41-40(42)35-22-18-27-9-5-6-12-33(27)39(34)35;1-43(2,42)28-19-17-24-15-16-25(21-27(24)22-28)26-18-20-33-36(23-26)41-35-14-8-7-13-34(35)40-39(41)38-32-12-6-4-10-30(32)29-9-3-5-11-31(29)37(33)38;1-29(2,28)17-12-13-19-20(15-17)25-26-21-9-5-6-10-22(21)27(25)23-14-11-16-7-3-4-8-18(16)24(19)23;1-29(2,28)18-11-12-19-20(15-18)21-13-16-7-3-4-8-17(16)14-24(21)27-23-10-6-5-9-22(23)26-25(19)27/h2-25H,1H3;3-23H,1-2H3;2*3-15H,1-2H3. The molecule has 0 aliphatic heterocycles.